The van der Waals surface area contributed by atoms with E-state index >= 15 is 0 Å². The maximum absolute atomic E-state index is 12.8. The van der Waals surface area contributed by atoms with Gasteiger partial charge >= 0.3 is 0 Å². The minimum absolute atomic E-state index is 0. The number of nitrogens with zero attached hydrogens (tertiary/aromatic N) is 2. The van der Waals surface area contributed by atoms with Crippen LogP contribution in [-0.2, 0) is 17.6 Å². The number of nitrogens with two attached hydrogens (primary N) is 1. The van der Waals surface area contributed by atoms with Gasteiger partial charge in [-0.05, 0) is 17.5 Å². The number of carbonyl (C=O) groups is 1. The van der Waals surface area contributed by atoms with Crippen molar-refractivity contribution in [1.82, 2.24) is 9.88 Å². The molecule has 4 nitrogen and oxygen atoms in total. The number of halogens is 1. The monoisotopic (exact) mass is 427 g/mol. The largest absolute Gasteiger partial charge is 0.340 e. The first kappa shape index (κ1) is 21.5. The van der Waals surface area contributed by atoms with Crippen molar-refractivity contribution < 1.29 is 4.79 Å². The highest BCUT2D eigenvalue weighted by molar-refractivity contribution is 7.13. The fourth-order valence-electron chi connectivity index (χ4n) is 3.76. The average Bonchev–Trinajstić information content (AvgIpc) is 3.35. The van der Waals surface area contributed by atoms with Gasteiger partial charge in [-0.2, -0.15) is 0 Å². The highest BCUT2D eigenvalue weighted by atomic mass is 35.5. The summed E-state index contributed by atoms with van der Waals surface area (Å²) in [6.45, 7) is 3.43. The number of rotatable bonds is 5. The van der Waals surface area contributed by atoms with Crippen LogP contribution in [0, 0.1) is 0 Å². The summed E-state index contributed by atoms with van der Waals surface area (Å²) in [7, 11) is 0. The molecule has 29 heavy (non-hydrogen) atoms. The molecule has 0 spiro atoms. The van der Waals surface area contributed by atoms with Crippen molar-refractivity contribution in [2.45, 2.75) is 31.7 Å². The molecule has 1 aromatic heterocycles. The number of aryl methyl sites for hydroxylation is 1. The molecule has 3 aromatic rings. The maximum atomic E-state index is 12.8. The Kier molecular flexibility index (Phi) is 7.06. The molecule has 1 saturated heterocycles. The Morgan fingerprint density at radius 1 is 1.14 bits per heavy atom. The molecule has 2 N–H and O–H groups in total. The zero-order valence-corrected chi connectivity index (χ0v) is 18.1. The predicted octanol–water partition coefficient (Wildman–Crippen LogP) is 4.29. The zero-order chi connectivity index (χ0) is 19.5. The van der Waals surface area contributed by atoms with Gasteiger partial charge in [0.2, 0.25) is 5.91 Å². The first-order chi connectivity index (χ1) is 13.6. The second-order valence-electron chi connectivity index (χ2n) is 7.35. The molecule has 2 atom stereocenters. The third-order valence-corrected chi connectivity index (χ3v) is 6.38. The molecular formula is C23H26ClN3OS. The Hall–Kier alpha value is -2.21. The number of hydrogen-bond acceptors (Lipinski definition) is 4. The van der Waals surface area contributed by atoms with E-state index in [2.05, 4.69) is 48.3 Å². The van der Waals surface area contributed by atoms with Crippen LogP contribution in [-0.4, -0.2) is 34.9 Å². The van der Waals surface area contributed by atoms with Crippen molar-refractivity contribution in [1.29, 1.82) is 0 Å². The Morgan fingerprint density at radius 3 is 2.55 bits per heavy atom. The third-order valence-electron chi connectivity index (χ3n) is 5.44. The Labute approximate surface area is 182 Å². The van der Waals surface area contributed by atoms with Gasteiger partial charge in [0.15, 0.2) is 0 Å². The lowest BCUT2D eigenvalue weighted by Gasteiger charge is -2.16. The van der Waals surface area contributed by atoms with Gasteiger partial charge in [-0.3, -0.25) is 4.79 Å². The minimum atomic E-state index is -0.0191. The molecule has 0 aliphatic carbocycles. The molecular weight excluding hydrogens is 402 g/mol. The van der Waals surface area contributed by atoms with E-state index in [-0.39, 0.29) is 30.3 Å². The van der Waals surface area contributed by atoms with Crippen LogP contribution in [0.1, 0.15) is 29.7 Å². The molecule has 4 rings (SSSR count). The first-order valence-electron chi connectivity index (χ1n) is 9.76. The summed E-state index contributed by atoms with van der Waals surface area (Å²) >= 11 is 1.59. The van der Waals surface area contributed by atoms with E-state index < -0.39 is 0 Å². The van der Waals surface area contributed by atoms with Crippen molar-refractivity contribution in [3.8, 4) is 10.6 Å². The maximum Gasteiger partial charge on any atom is 0.228 e. The van der Waals surface area contributed by atoms with Crippen molar-refractivity contribution in [2.75, 3.05) is 13.1 Å². The molecule has 1 aliphatic rings. The standard InChI is InChI=1S/C23H25N3OS.ClH/c1-2-16-8-10-18(11-9-16)23-25-19(15-28-23)12-22(27)26-13-20(21(24)14-26)17-6-4-3-5-7-17;/h3-11,15,20-21H,2,12-14,24H2,1H3;1H/t20-,21+;/m0./s1. The summed E-state index contributed by atoms with van der Waals surface area (Å²) < 4.78 is 0. The molecule has 1 fully saturated rings. The second-order valence-corrected chi connectivity index (χ2v) is 8.21. The lowest BCUT2D eigenvalue weighted by Crippen LogP contribution is -2.33. The van der Waals surface area contributed by atoms with Crippen LogP contribution in [0.25, 0.3) is 10.6 Å². The van der Waals surface area contributed by atoms with Gasteiger partial charge in [-0.25, -0.2) is 4.98 Å². The van der Waals surface area contributed by atoms with Crippen molar-refractivity contribution >= 4 is 29.7 Å². The van der Waals surface area contributed by atoms with E-state index in [1.165, 1.54) is 11.1 Å². The first-order valence-corrected chi connectivity index (χ1v) is 10.6. The molecule has 2 aromatic carbocycles. The highest BCUT2D eigenvalue weighted by Gasteiger charge is 2.33. The number of aromatic nitrogens is 1. The Morgan fingerprint density at radius 2 is 1.86 bits per heavy atom. The van der Waals surface area contributed by atoms with E-state index in [4.69, 9.17) is 5.73 Å². The summed E-state index contributed by atoms with van der Waals surface area (Å²) in [4.78, 5) is 19.4. The summed E-state index contributed by atoms with van der Waals surface area (Å²) in [5.74, 6) is 0.306. The summed E-state index contributed by atoms with van der Waals surface area (Å²) in [6, 6.07) is 18.7. The summed E-state index contributed by atoms with van der Waals surface area (Å²) in [6.07, 6.45) is 1.36. The molecule has 1 aliphatic heterocycles. The van der Waals surface area contributed by atoms with Gasteiger partial charge in [0.1, 0.15) is 5.01 Å². The smallest absolute Gasteiger partial charge is 0.228 e. The summed E-state index contributed by atoms with van der Waals surface area (Å²) in [5, 5.41) is 2.96. The molecule has 152 valence electrons. The molecule has 0 unspecified atom stereocenters. The van der Waals surface area contributed by atoms with E-state index in [1.807, 2.05) is 28.5 Å². The SMILES string of the molecule is CCc1ccc(-c2nc(CC(=O)N3C[C@@H](N)[C@H](c4ccccc4)C3)cs2)cc1.Cl. The van der Waals surface area contributed by atoms with Crippen molar-refractivity contribution in [2.24, 2.45) is 5.73 Å². The topological polar surface area (TPSA) is 59.2 Å². The molecule has 2 heterocycles. The van der Waals surface area contributed by atoms with E-state index in [9.17, 15) is 4.79 Å². The molecule has 0 saturated carbocycles. The quantitative estimate of drug-likeness (QED) is 0.660. The van der Waals surface area contributed by atoms with Gasteiger partial charge < -0.3 is 10.6 Å². The van der Waals surface area contributed by atoms with E-state index in [1.54, 1.807) is 11.3 Å². The Balaban J connectivity index is 0.00000240. The number of benzene rings is 2. The highest BCUT2D eigenvalue weighted by Crippen LogP contribution is 2.28. The van der Waals surface area contributed by atoms with Crippen LogP contribution in [0.2, 0.25) is 0 Å². The zero-order valence-electron chi connectivity index (χ0n) is 16.5. The van der Waals surface area contributed by atoms with Gasteiger partial charge in [0.05, 0.1) is 12.1 Å². The molecule has 1 amide bonds. The van der Waals surface area contributed by atoms with Crippen molar-refractivity contribution in [3.63, 3.8) is 0 Å². The third kappa shape index (κ3) is 4.86. The number of hydrogen-bond donors (Lipinski definition) is 1. The fraction of sp³-hybridized carbons (Fsp3) is 0.304. The number of likely N-dealkylation sites (tertiary alicyclic amines) is 1. The van der Waals surface area contributed by atoms with Crippen LogP contribution in [0.3, 0.4) is 0 Å². The van der Waals surface area contributed by atoms with Gasteiger partial charge in [0.25, 0.3) is 0 Å². The molecule has 0 bridgehead atoms. The predicted molar refractivity (Wildman–Crippen MR) is 122 cm³/mol. The van der Waals surface area contributed by atoms with Gasteiger partial charge in [0, 0.05) is 36.0 Å². The number of carbonyl (C=O) groups excluding carboxylic acids is 1. The molecule has 0 radical (unpaired) electrons. The fourth-order valence-corrected chi connectivity index (χ4v) is 4.58. The van der Waals surface area contributed by atoms with Gasteiger partial charge in [-0.15, -0.1) is 23.7 Å². The second kappa shape index (κ2) is 9.53. The van der Waals surface area contributed by atoms with Crippen LogP contribution in [0.4, 0.5) is 0 Å². The van der Waals surface area contributed by atoms with E-state index in [0.29, 0.717) is 19.5 Å². The van der Waals surface area contributed by atoms with Crippen LogP contribution in [0.15, 0.2) is 60.0 Å². The van der Waals surface area contributed by atoms with E-state index in [0.717, 1.165) is 22.7 Å². The normalized spacial score (nSPS) is 18.5. The van der Waals surface area contributed by atoms with Crippen LogP contribution in [0.5, 0.6) is 0 Å². The van der Waals surface area contributed by atoms with Gasteiger partial charge in [-0.1, -0.05) is 61.5 Å². The lowest BCUT2D eigenvalue weighted by atomic mass is 9.95. The number of amides is 1. The lowest BCUT2D eigenvalue weighted by molar-refractivity contribution is -0.129. The van der Waals surface area contributed by atoms with Crippen molar-refractivity contribution in [3.05, 3.63) is 76.8 Å². The Bertz CT molecular complexity index is 942. The molecule has 6 heteroatoms. The van der Waals surface area contributed by atoms with Crippen LogP contribution < -0.4 is 5.73 Å². The average molecular weight is 428 g/mol. The minimum Gasteiger partial charge on any atom is -0.340 e. The summed E-state index contributed by atoms with van der Waals surface area (Å²) in [5.41, 5.74) is 10.8. The van der Waals surface area contributed by atoms with Crippen LogP contribution >= 0.6 is 23.7 Å². The number of thiazole rings is 1.